The molecule has 0 bridgehead atoms. The average molecular weight is 551 g/mol. The number of aliphatic imine (C=N–C) groups is 1. The highest BCUT2D eigenvalue weighted by molar-refractivity contribution is 8.18. The van der Waals surface area contributed by atoms with Crippen LogP contribution in [0.2, 0.25) is 5.02 Å². The van der Waals surface area contributed by atoms with Crippen molar-refractivity contribution in [3.05, 3.63) is 136 Å². The summed E-state index contributed by atoms with van der Waals surface area (Å²) in [7, 11) is 0. The number of hydrogen-bond donors (Lipinski definition) is 0. The first-order valence-corrected chi connectivity index (χ1v) is 13.6. The third-order valence-electron chi connectivity index (χ3n) is 6.28. The molecule has 39 heavy (non-hydrogen) atoms. The van der Waals surface area contributed by atoms with Crippen LogP contribution in [0.3, 0.4) is 0 Å². The Morgan fingerprint density at radius 3 is 2.49 bits per heavy atom. The molecule has 1 aliphatic rings. The highest BCUT2D eigenvalue weighted by Crippen LogP contribution is 2.38. The van der Waals surface area contributed by atoms with Gasteiger partial charge in [0.1, 0.15) is 18.1 Å². The molecule has 1 saturated heterocycles. The molecule has 4 aromatic carbocycles. The van der Waals surface area contributed by atoms with Crippen molar-refractivity contribution in [1.29, 1.82) is 0 Å². The zero-order valence-electron chi connectivity index (χ0n) is 20.8. The zero-order chi connectivity index (χ0) is 26.6. The van der Waals surface area contributed by atoms with E-state index in [1.54, 1.807) is 11.2 Å². The van der Waals surface area contributed by atoms with Gasteiger partial charge in [0.2, 0.25) is 0 Å². The monoisotopic (exact) mass is 550 g/mol. The Kier molecular flexibility index (Phi) is 7.21. The summed E-state index contributed by atoms with van der Waals surface area (Å²) >= 11 is 7.39. The fourth-order valence-corrected chi connectivity index (χ4v) is 5.43. The van der Waals surface area contributed by atoms with Crippen molar-refractivity contribution in [3.63, 3.8) is 0 Å². The second kappa shape index (κ2) is 11.2. The molecule has 1 amide bonds. The molecule has 192 valence electrons. The van der Waals surface area contributed by atoms with Crippen LogP contribution < -0.4 is 4.74 Å². The van der Waals surface area contributed by atoms with Gasteiger partial charge in [-0.2, -0.15) is 0 Å². The number of benzene rings is 4. The van der Waals surface area contributed by atoms with E-state index in [2.05, 4.69) is 6.07 Å². The van der Waals surface area contributed by atoms with Crippen LogP contribution >= 0.6 is 23.4 Å². The minimum atomic E-state index is -0.136. The van der Waals surface area contributed by atoms with Gasteiger partial charge in [-0.15, -0.1) is 0 Å². The van der Waals surface area contributed by atoms with Gasteiger partial charge in [0.15, 0.2) is 5.17 Å². The summed E-state index contributed by atoms with van der Waals surface area (Å²) in [5.74, 6) is 1.24. The number of furan rings is 1. The summed E-state index contributed by atoms with van der Waals surface area (Å²) in [5.41, 5.74) is 2.62. The number of thioether (sulfide) groups is 1. The third kappa shape index (κ3) is 5.62. The predicted molar refractivity (Wildman–Crippen MR) is 158 cm³/mol. The van der Waals surface area contributed by atoms with Gasteiger partial charge in [0.05, 0.1) is 23.4 Å². The summed E-state index contributed by atoms with van der Waals surface area (Å²) in [6.07, 6.45) is 3.52. The number of carbonyl (C=O) groups is 1. The fraction of sp³-hybridized carbons (Fsp3) is 0.0625. The molecule has 0 unspecified atom stereocenters. The largest absolute Gasteiger partial charge is 0.488 e. The molecule has 0 atom stereocenters. The lowest BCUT2D eigenvalue weighted by Gasteiger charge is -2.14. The van der Waals surface area contributed by atoms with Crippen LogP contribution in [0.4, 0.5) is 5.69 Å². The maximum Gasteiger partial charge on any atom is 0.267 e. The van der Waals surface area contributed by atoms with E-state index in [0.29, 0.717) is 33.2 Å². The van der Waals surface area contributed by atoms with Crippen LogP contribution in [-0.2, 0) is 17.9 Å². The van der Waals surface area contributed by atoms with Crippen LogP contribution in [0.5, 0.6) is 5.75 Å². The van der Waals surface area contributed by atoms with E-state index in [1.165, 1.54) is 11.8 Å². The minimum Gasteiger partial charge on any atom is -0.488 e. The first kappa shape index (κ1) is 25.0. The molecule has 1 fully saturated rings. The van der Waals surface area contributed by atoms with E-state index < -0.39 is 0 Å². The Morgan fingerprint density at radius 1 is 0.897 bits per heavy atom. The quantitative estimate of drug-likeness (QED) is 0.191. The summed E-state index contributed by atoms with van der Waals surface area (Å²) in [4.78, 5) is 20.8. The Bertz CT molecular complexity index is 1680. The minimum absolute atomic E-state index is 0.136. The molecule has 0 radical (unpaired) electrons. The molecule has 0 aliphatic carbocycles. The number of para-hydroxylation sites is 1. The molecule has 6 rings (SSSR count). The lowest BCUT2D eigenvalue weighted by Crippen LogP contribution is -2.28. The van der Waals surface area contributed by atoms with Gasteiger partial charge in [-0.1, -0.05) is 72.3 Å². The fourth-order valence-electron chi connectivity index (χ4n) is 4.33. The molecular weight excluding hydrogens is 528 g/mol. The highest BCUT2D eigenvalue weighted by Gasteiger charge is 2.34. The van der Waals surface area contributed by atoms with Crippen molar-refractivity contribution in [2.75, 3.05) is 0 Å². The maximum atomic E-state index is 13.8. The lowest BCUT2D eigenvalue weighted by molar-refractivity contribution is -0.122. The number of fused-ring (bicyclic) bond motifs is 1. The summed E-state index contributed by atoms with van der Waals surface area (Å²) in [5, 5.41) is 3.33. The Morgan fingerprint density at radius 2 is 1.69 bits per heavy atom. The van der Waals surface area contributed by atoms with E-state index in [1.807, 2.05) is 103 Å². The van der Waals surface area contributed by atoms with E-state index >= 15 is 0 Å². The molecular formula is C32H23ClN2O3S. The summed E-state index contributed by atoms with van der Waals surface area (Å²) in [6.45, 7) is 0.662. The van der Waals surface area contributed by atoms with Gasteiger partial charge < -0.3 is 9.15 Å². The molecule has 1 aromatic heterocycles. The number of amides is 1. The van der Waals surface area contributed by atoms with Gasteiger partial charge >= 0.3 is 0 Å². The Hall–Kier alpha value is -4.26. The highest BCUT2D eigenvalue weighted by atomic mass is 35.5. The van der Waals surface area contributed by atoms with Gasteiger partial charge in [-0.05, 0) is 76.6 Å². The van der Waals surface area contributed by atoms with Gasteiger partial charge in [-0.3, -0.25) is 9.69 Å². The van der Waals surface area contributed by atoms with Crippen LogP contribution in [0, 0.1) is 0 Å². The van der Waals surface area contributed by atoms with Gasteiger partial charge in [0, 0.05) is 10.6 Å². The number of rotatable bonds is 7. The smallest absolute Gasteiger partial charge is 0.267 e. The molecule has 0 spiro atoms. The number of carbonyl (C=O) groups excluding carboxylic acids is 1. The Balaban J connectivity index is 1.39. The SMILES string of the molecule is O=C1/C(=C/c2c(OCc3ccc(Cl)cc3)ccc3ccccc23)SC(=Nc2ccccc2)N1Cc1ccco1. The molecule has 7 heteroatoms. The maximum absolute atomic E-state index is 13.8. The topological polar surface area (TPSA) is 55.0 Å². The normalized spacial score (nSPS) is 15.5. The van der Waals surface area contributed by atoms with E-state index in [-0.39, 0.29) is 12.5 Å². The Labute approximate surface area is 235 Å². The van der Waals surface area contributed by atoms with Crippen molar-refractivity contribution in [2.24, 2.45) is 4.99 Å². The van der Waals surface area contributed by atoms with Crippen molar-refractivity contribution in [1.82, 2.24) is 4.90 Å². The van der Waals surface area contributed by atoms with Gasteiger partial charge in [0.25, 0.3) is 5.91 Å². The standard InChI is InChI=1S/C32H23ClN2O3S/c33-24-15-12-22(13-16-24)21-38-29-17-14-23-7-4-5-11-27(23)28(29)19-30-31(36)35(20-26-10-6-18-37-26)32(39-30)34-25-8-2-1-3-9-25/h1-19H,20-21H2/b30-19-,34-32?. The van der Waals surface area contributed by atoms with Crippen molar-refractivity contribution in [2.45, 2.75) is 13.2 Å². The first-order chi connectivity index (χ1) is 19.1. The third-order valence-corrected chi connectivity index (χ3v) is 7.54. The van der Waals surface area contributed by atoms with Gasteiger partial charge in [-0.25, -0.2) is 4.99 Å². The first-order valence-electron chi connectivity index (χ1n) is 12.4. The van der Waals surface area contributed by atoms with Crippen LogP contribution in [0.1, 0.15) is 16.9 Å². The number of nitrogens with zero attached hydrogens (tertiary/aromatic N) is 2. The van der Waals surface area contributed by atoms with Crippen LogP contribution in [-0.4, -0.2) is 16.0 Å². The van der Waals surface area contributed by atoms with Crippen molar-refractivity contribution in [3.8, 4) is 5.75 Å². The second-order valence-electron chi connectivity index (χ2n) is 8.92. The number of amidine groups is 1. The average Bonchev–Trinajstić information content (AvgIpc) is 3.58. The molecule has 0 saturated carbocycles. The molecule has 5 aromatic rings. The molecule has 0 N–H and O–H groups in total. The molecule has 5 nitrogen and oxygen atoms in total. The summed E-state index contributed by atoms with van der Waals surface area (Å²) in [6, 6.07) is 32.9. The second-order valence-corrected chi connectivity index (χ2v) is 10.4. The molecule has 1 aliphatic heterocycles. The molecule has 2 heterocycles. The summed E-state index contributed by atoms with van der Waals surface area (Å²) < 4.78 is 11.8. The number of hydrogen-bond acceptors (Lipinski definition) is 5. The van der Waals surface area contributed by atoms with Crippen LogP contribution in [0.25, 0.3) is 16.8 Å². The van der Waals surface area contributed by atoms with Crippen LogP contribution in [0.15, 0.2) is 124 Å². The zero-order valence-corrected chi connectivity index (χ0v) is 22.4. The predicted octanol–water partition coefficient (Wildman–Crippen LogP) is 8.47. The van der Waals surface area contributed by atoms with E-state index in [9.17, 15) is 4.79 Å². The number of ether oxygens (including phenoxy) is 1. The van der Waals surface area contributed by atoms with E-state index in [0.717, 1.165) is 27.6 Å². The van der Waals surface area contributed by atoms with Crippen molar-refractivity contribution >= 4 is 57.0 Å². The number of halogens is 1. The lowest BCUT2D eigenvalue weighted by atomic mass is 10.0. The van der Waals surface area contributed by atoms with E-state index in [4.69, 9.17) is 25.7 Å². The van der Waals surface area contributed by atoms with Crippen molar-refractivity contribution < 1.29 is 13.9 Å².